The highest BCUT2D eigenvalue weighted by Gasteiger charge is 2.20. The van der Waals surface area contributed by atoms with Gasteiger partial charge >= 0.3 is 5.97 Å². The predicted molar refractivity (Wildman–Crippen MR) is 241 cm³/mol. The Balaban J connectivity index is 4.13. The number of hydrogen-bond acceptors (Lipinski definition) is 7. The summed E-state index contributed by atoms with van der Waals surface area (Å²) in [4.78, 5) is 25.1. The number of nitrogens with zero attached hydrogens (tertiary/aromatic N) is 1. The van der Waals surface area contributed by atoms with Crippen LogP contribution in [0.3, 0.4) is 0 Å². The number of ether oxygens (including phenoxy) is 2. The zero-order valence-electron chi connectivity index (χ0n) is 38.6. The van der Waals surface area contributed by atoms with Gasteiger partial charge in [-0.05, 0) is 38.5 Å². The van der Waals surface area contributed by atoms with Crippen molar-refractivity contribution in [3.8, 4) is 0 Å². The van der Waals surface area contributed by atoms with Gasteiger partial charge in [-0.3, -0.25) is 9.36 Å². The second-order valence-electron chi connectivity index (χ2n) is 17.8. The topological polar surface area (TPSA) is 94.1 Å². The minimum Gasteiger partial charge on any atom is -0.756 e. The molecule has 0 heterocycles. The van der Waals surface area contributed by atoms with Crippen molar-refractivity contribution in [3.05, 3.63) is 12.2 Å². The number of allylic oxidation sites excluding steroid dienone is 2. The molecule has 0 aromatic rings. The Kier molecular flexibility index (Phi) is 41.4. The molecule has 0 aliphatic carbocycles. The smallest absolute Gasteiger partial charge is 0.306 e. The molecule has 8 nitrogen and oxygen atoms in total. The average Bonchev–Trinajstić information content (AvgIpc) is 3.16. The van der Waals surface area contributed by atoms with Crippen molar-refractivity contribution in [3.63, 3.8) is 0 Å². The summed E-state index contributed by atoms with van der Waals surface area (Å²) in [5.41, 5.74) is 0. The van der Waals surface area contributed by atoms with Crippen LogP contribution in [0, 0.1) is 0 Å². The van der Waals surface area contributed by atoms with E-state index in [1.54, 1.807) is 0 Å². The zero-order chi connectivity index (χ0) is 42.0. The summed E-state index contributed by atoms with van der Waals surface area (Å²) in [6.45, 7) is 5.45. The quantitative estimate of drug-likeness (QED) is 0.0198. The molecule has 2 atom stereocenters. The lowest BCUT2D eigenvalue weighted by atomic mass is 10.0. The van der Waals surface area contributed by atoms with Crippen LogP contribution in [0.4, 0.5) is 0 Å². The molecule has 0 saturated heterocycles. The van der Waals surface area contributed by atoms with Gasteiger partial charge in [0.05, 0.1) is 34.4 Å². The normalized spacial score (nSPS) is 13.7. The summed E-state index contributed by atoms with van der Waals surface area (Å²) >= 11 is 0. The Morgan fingerprint density at radius 3 is 1.33 bits per heavy atom. The van der Waals surface area contributed by atoms with Crippen molar-refractivity contribution in [1.82, 2.24) is 0 Å². The van der Waals surface area contributed by atoms with Gasteiger partial charge in [-0.25, -0.2) is 0 Å². The molecular formula is C48H96NO7P. The molecule has 0 bridgehead atoms. The number of phosphoric acid groups is 1. The number of carbonyl (C=O) groups excluding carboxylic acids is 1. The van der Waals surface area contributed by atoms with Gasteiger partial charge in [-0.1, -0.05) is 199 Å². The molecule has 0 amide bonds. The van der Waals surface area contributed by atoms with Crippen molar-refractivity contribution < 1.29 is 37.3 Å². The van der Waals surface area contributed by atoms with Crippen LogP contribution in [0.2, 0.25) is 0 Å². The predicted octanol–water partition coefficient (Wildman–Crippen LogP) is 14.0. The first-order valence-electron chi connectivity index (χ1n) is 24.4. The second-order valence-corrected chi connectivity index (χ2v) is 19.2. The monoisotopic (exact) mass is 830 g/mol. The van der Waals surface area contributed by atoms with Gasteiger partial charge in [0.2, 0.25) is 0 Å². The first-order valence-corrected chi connectivity index (χ1v) is 25.9. The third kappa shape index (κ3) is 46.2. The van der Waals surface area contributed by atoms with Crippen LogP contribution < -0.4 is 4.89 Å². The highest BCUT2D eigenvalue weighted by Crippen LogP contribution is 2.38. The van der Waals surface area contributed by atoms with Gasteiger partial charge in [-0.2, -0.15) is 0 Å². The molecule has 0 aromatic carbocycles. The van der Waals surface area contributed by atoms with Crippen molar-refractivity contribution in [2.75, 3.05) is 54.1 Å². The minimum absolute atomic E-state index is 0.0279. The summed E-state index contributed by atoms with van der Waals surface area (Å²) in [5, 5.41) is 0. The molecule has 0 aliphatic heterocycles. The zero-order valence-corrected chi connectivity index (χ0v) is 39.5. The summed E-state index contributed by atoms with van der Waals surface area (Å²) in [6.07, 6.45) is 46.6. The lowest BCUT2D eigenvalue weighted by molar-refractivity contribution is -0.870. The molecular weight excluding hydrogens is 734 g/mol. The van der Waals surface area contributed by atoms with Gasteiger partial charge < -0.3 is 27.9 Å². The molecule has 0 saturated carbocycles. The van der Waals surface area contributed by atoms with Gasteiger partial charge in [0, 0.05) is 13.0 Å². The van der Waals surface area contributed by atoms with Crippen LogP contribution >= 0.6 is 7.82 Å². The maximum absolute atomic E-state index is 12.7. The average molecular weight is 830 g/mol. The van der Waals surface area contributed by atoms with Gasteiger partial charge in [0.25, 0.3) is 7.82 Å². The van der Waals surface area contributed by atoms with E-state index in [0.29, 0.717) is 24.1 Å². The molecule has 57 heavy (non-hydrogen) atoms. The van der Waals surface area contributed by atoms with Crippen molar-refractivity contribution in [1.29, 1.82) is 0 Å². The molecule has 0 aromatic heterocycles. The molecule has 2 unspecified atom stereocenters. The molecule has 0 spiro atoms. The lowest BCUT2D eigenvalue weighted by Gasteiger charge is -2.28. The lowest BCUT2D eigenvalue weighted by Crippen LogP contribution is -2.37. The summed E-state index contributed by atoms with van der Waals surface area (Å²) in [5.74, 6) is -0.338. The van der Waals surface area contributed by atoms with E-state index in [1.165, 1.54) is 167 Å². The number of carbonyl (C=O) groups is 1. The van der Waals surface area contributed by atoms with E-state index < -0.39 is 13.9 Å². The fraction of sp³-hybridized carbons (Fsp3) is 0.938. The highest BCUT2D eigenvalue weighted by atomic mass is 31.2. The van der Waals surface area contributed by atoms with Crippen LogP contribution in [0.5, 0.6) is 0 Å². The number of hydrogen-bond donors (Lipinski definition) is 0. The fourth-order valence-electron chi connectivity index (χ4n) is 7.01. The first kappa shape index (κ1) is 56.2. The van der Waals surface area contributed by atoms with Crippen LogP contribution in [0.1, 0.15) is 232 Å². The van der Waals surface area contributed by atoms with Crippen molar-refractivity contribution >= 4 is 13.8 Å². The Labute approximate surface area is 354 Å². The van der Waals surface area contributed by atoms with Gasteiger partial charge in [-0.15, -0.1) is 0 Å². The van der Waals surface area contributed by atoms with Gasteiger partial charge in [0.15, 0.2) is 0 Å². The maximum atomic E-state index is 12.7. The molecule has 0 radical (unpaired) electrons. The highest BCUT2D eigenvalue weighted by molar-refractivity contribution is 7.45. The molecule has 0 N–H and O–H groups in total. The van der Waals surface area contributed by atoms with E-state index in [0.717, 1.165) is 44.9 Å². The van der Waals surface area contributed by atoms with E-state index in [2.05, 4.69) is 26.0 Å². The van der Waals surface area contributed by atoms with Gasteiger partial charge in [0.1, 0.15) is 19.3 Å². The van der Waals surface area contributed by atoms with Crippen molar-refractivity contribution in [2.24, 2.45) is 0 Å². The number of unbranched alkanes of at least 4 members (excludes halogenated alkanes) is 30. The van der Waals surface area contributed by atoms with Crippen LogP contribution in [0.15, 0.2) is 12.2 Å². The third-order valence-corrected chi connectivity index (χ3v) is 11.8. The number of phosphoric ester groups is 1. The van der Waals surface area contributed by atoms with Crippen LogP contribution in [-0.4, -0.2) is 70.7 Å². The Hall–Kier alpha value is -0.760. The van der Waals surface area contributed by atoms with E-state index >= 15 is 0 Å². The first-order chi connectivity index (χ1) is 27.6. The van der Waals surface area contributed by atoms with E-state index in [9.17, 15) is 14.3 Å². The Morgan fingerprint density at radius 1 is 0.526 bits per heavy atom. The van der Waals surface area contributed by atoms with Crippen LogP contribution in [-0.2, 0) is 27.9 Å². The number of likely N-dealkylation sites (N-methyl/N-ethyl adjacent to an activating group) is 1. The standard InChI is InChI=1S/C48H96NO7P/c1-6-8-10-12-14-16-18-20-22-23-24-25-26-28-30-32-34-36-38-40-43-53-45-47(46-55-57(51,52)54-44-42-49(3,4)5)56-48(50)41-39-37-35-33-31-29-27-21-19-17-15-13-11-9-7-2/h21,27,47H,6-20,22-26,28-46H2,1-5H3/b27-21-. The largest absolute Gasteiger partial charge is 0.756 e. The fourth-order valence-corrected chi connectivity index (χ4v) is 7.74. The second kappa shape index (κ2) is 42.0. The SMILES string of the molecule is CCCCCCCC/C=C\CCCCCCCC(=O)OC(COCCCCCCCCCCCCCCCCCCCCCC)COP(=O)([O-])OCC[N+](C)(C)C. The van der Waals surface area contributed by atoms with E-state index in [4.69, 9.17) is 18.5 Å². The number of esters is 1. The minimum atomic E-state index is -4.52. The summed E-state index contributed by atoms with van der Waals surface area (Å²) in [7, 11) is 1.36. The summed E-state index contributed by atoms with van der Waals surface area (Å²) < 4.78 is 34.7. The molecule has 9 heteroatoms. The van der Waals surface area contributed by atoms with Crippen LogP contribution in [0.25, 0.3) is 0 Å². The van der Waals surface area contributed by atoms with E-state index in [1.807, 2.05) is 21.1 Å². The molecule has 0 aliphatic rings. The summed E-state index contributed by atoms with van der Waals surface area (Å²) in [6, 6.07) is 0. The van der Waals surface area contributed by atoms with E-state index in [-0.39, 0.29) is 25.8 Å². The van der Waals surface area contributed by atoms with Crippen molar-refractivity contribution in [2.45, 2.75) is 238 Å². The molecule has 0 rings (SSSR count). The number of rotatable bonds is 46. The molecule has 0 fully saturated rings. The Morgan fingerprint density at radius 2 is 0.912 bits per heavy atom. The maximum Gasteiger partial charge on any atom is 0.306 e. The number of quaternary nitrogens is 1. The third-order valence-electron chi connectivity index (χ3n) is 10.8. The Bertz CT molecular complexity index is 925. The molecule has 340 valence electrons.